The lowest BCUT2D eigenvalue weighted by molar-refractivity contribution is -0.141. The van der Waals surface area contributed by atoms with Gasteiger partial charge in [0.1, 0.15) is 5.75 Å². The number of hydrogen-bond acceptors (Lipinski definition) is 4. The van der Waals surface area contributed by atoms with Crippen molar-refractivity contribution < 1.29 is 19.1 Å². The zero-order valence-corrected chi connectivity index (χ0v) is 13.8. The standard InChI is InChI=1S/C19H22O4/c1-11-18(21)10-13(6-7-23-12(2)20)17-9-14-8-15(22-3)4-5-16(14)19(11)17/h4-5,8,13,17H,6-7,9-10H2,1-3H3. The number of rotatable bonds is 4. The Morgan fingerprint density at radius 3 is 2.78 bits per heavy atom. The number of Topliss-reactive ketones (excluding diaryl/α,β-unsaturated/α-hetero) is 1. The van der Waals surface area contributed by atoms with E-state index in [9.17, 15) is 9.59 Å². The van der Waals surface area contributed by atoms with Gasteiger partial charge < -0.3 is 9.47 Å². The molecule has 0 heterocycles. The van der Waals surface area contributed by atoms with Crippen LogP contribution in [0.5, 0.6) is 5.75 Å². The second-order valence-corrected chi connectivity index (χ2v) is 6.39. The van der Waals surface area contributed by atoms with Gasteiger partial charge in [-0.25, -0.2) is 0 Å². The molecule has 2 unspecified atom stereocenters. The quantitative estimate of drug-likeness (QED) is 0.801. The molecule has 0 N–H and O–H groups in total. The topological polar surface area (TPSA) is 52.6 Å². The highest BCUT2D eigenvalue weighted by atomic mass is 16.5. The van der Waals surface area contributed by atoms with Crippen molar-refractivity contribution in [1.82, 2.24) is 0 Å². The smallest absolute Gasteiger partial charge is 0.302 e. The second kappa shape index (κ2) is 6.19. The summed E-state index contributed by atoms with van der Waals surface area (Å²) in [6.45, 7) is 3.74. The van der Waals surface area contributed by atoms with Gasteiger partial charge in [-0.1, -0.05) is 6.07 Å². The Labute approximate surface area is 136 Å². The second-order valence-electron chi connectivity index (χ2n) is 6.39. The predicted octanol–water partition coefficient (Wildman–Crippen LogP) is 3.18. The third-order valence-electron chi connectivity index (χ3n) is 5.05. The molecule has 0 spiro atoms. The Morgan fingerprint density at radius 1 is 1.30 bits per heavy atom. The van der Waals surface area contributed by atoms with Gasteiger partial charge in [0.15, 0.2) is 5.78 Å². The van der Waals surface area contributed by atoms with Gasteiger partial charge in [-0.15, -0.1) is 0 Å². The van der Waals surface area contributed by atoms with E-state index in [4.69, 9.17) is 9.47 Å². The molecule has 1 aromatic carbocycles. The van der Waals surface area contributed by atoms with Crippen LogP contribution in [0.1, 0.15) is 37.8 Å². The third-order valence-corrected chi connectivity index (χ3v) is 5.05. The molecular weight excluding hydrogens is 292 g/mol. The van der Waals surface area contributed by atoms with Crippen molar-refractivity contribution in [2.45, 2.75) is 33.1 Å². The lowest BCUT2D eigenvalue weighted by Crippen LogP contribution is -2.26. The van der Waals surface area contributed by atoms with Crippen LogP contribution in [0.2, 0.25) is 0 Å². The number of carbonyl (C=O) groups is 2. The van der Waals surface area contributed by atoms with E-state index in [1.165, 1.54) is 23.6 Å². The van der Waals surface area contributed by atoms with Crippen LogP contribution >= 0.6 is 0 Å². The molecule has 2 aliphatic rings. The first-order chi connectivity index (χ1) is 11.0. The summed E-state index contributed by atoms with van der Waals surface area (Å²) >= 11 is 0. The molecule has 3 rings (SSSR count). The molecule has 1 aromatic rings. The SMILES string of the molecule is COc1ccc2c(c1)CC1C2=C(C)C(=O)CC1CCOC(C)=O. The number of carbonyl (C=O) groups excluding carboxylic acids is 2. The van der Waals surface area contributed by atoms with Crippen LogP contribution in [0.3, 0.4) is 0 Å². The Hall–Kier alpha value is -2.10. The zero-order chi connectivity index (χ0) is 16.6. The first-order valence-electron chi connectivity index (χ1n) is 8.06. The monoisotopic (exact) mass is 314 g/mol. The van der Waals surface area contributed by atoms with E-state index in [2.05, 4.69) is 12.1 Å². The Balaban J connectivity index is 1.89. The maximum atomic E-state index is 12.4. The Kier molecular flexibility index (Phi) is 4.24. The number of benzene rings is 1. The summed E-state index contributed by atoms with van der Waals surface area (Å²) < 4.78 is 10.4. The fourth-order valence-corrected chi connectivity index (χ4v) is 3.89. The number of allylic oxidation sites excluding steroid dienone is 2. The van der Waals surface area contributed by atoms with Crippen LogP contribution in [-0.2, 0) is 20.7 Å². The molecule has 4 heteroatoms. The molecule has 0 bridgehead atoms. The number of ether oxygens (including phenoxy) is 2. The number of fused-ring (bicyclic) bond motifs is 3. The van der Waals surface area contributed by atoms with Crippen molar-refractivity contribution in [2.75, 3.05) is 13.7 Å². The van der Waals surface area contributed by atoms with Gasteiger partial charge in [0, 0.05) is 13.3 Å². The minimum absolute atomic E-state index is 0.216. The summed E-state index contributed by atoms with van der Waals surface area (Å²) in [7, 11) is 1.67. The molecule has 2 atom stereocenters. The van der Waals surface area contributed by atoms with Crippen LogP contribution in [0.4, 0.5) is 0 Å². The molecule has 0 saturated carbocycles. The van der Waals surface area contributed by atoms with Gasteiger partial charge in [-0.3, -0.25) is 9.59 Å². The van der Waals surface area contributed by atoms with Crippen LogP contribution in [0.25, 0.3) is 5.57 Å². The molecular formula is C19H22O4. The summed E-state index contributed by atoms with van der Waals surface area (Å²) in [5.74, 6) is 1.37. The van der Waals surface area contributed by atoms with Gasteiger partial charge in [0.05, 0.1) is 13.7 Å². The van der Waals surface area contributed by atoms with Crippen LogP contribution in [0, 0.1) is 11.8 Å². The van der Waals surface area contributed by atoms with Crippen molar-refractivity contribution in [2.24, 2.45) is 11.8 Å². The number of ketones is 1. The van der Waals surface area contributed by atoms with Crippen molar-refractivity contribution >= 4 is 17.3 Å². The fourth-order valence-electron chi connectivity index (χ4n) is 3.89. The molecule has 4 nitrogen and oxygen atoms in total. The van der Waals surface area contributed by atoms with Crippen LogP contribution in [-0.4, -0.2) is 25.5 Å². The molecule has 0 fully saturated rings. The minimum Gasteiger partial charge on any atom is -0.497 e. The van der Waals surface area contributed by atoms with Crippen molar-refractivity contribution in [3.05, 3.63) is 34.9 Å². The van der Waals surface area contributed by atoms with Crippen LogP contribution < -0.4 is 4.74 Å². The van der Waals surface area contributed by atoms with Gasteiger partial charge in [-0.2, -0.15) is 0 Å². The molecule has 0 aliphatic heterocycles. The normalized spacial score (nSPS) is 22.7. The fraction of sp³-hybridized carbons (Fsp3) is 0.474. The summed E-state index contributed by atoms with van der Waals surface area (Å²) in [5.41, 5.74) is 4.50. The van der Waals surface area contributed by atoms with Crippen LogP contribution in [0.15, 0.2) is 23.8 Å². The first-order valence-corrected chi connectivity index (χ1v) is 8.06. The first kappa shape index (κ1) is 15.8. The van der Waals surface area contributed by atoms with E-state index < -0.39 is 0 Å². The molecule has 0 aromatic heterocycles. The number of methoxy groups -OCH3 is 1. The largest absolute Gasteiger partial charge is 0.497 e. The zero-order valence-electron chi connectivity index (χ0n) is 13.8. The van der Waals surface area contributed by atoms with E-state index in [0.29, 0.717) is 18.9 Å². The predicted molar refractivity (Wildman–Crippen MR) is 87.1 cm³/mol. The van der Waals surface area contributed by atoms with E-state index in [1.54, 1.807) is 7.11 Å². The van der Waals surface area contributed by atoms with E-state index in [1.807, 2.05) is 13.0 Å². The lowest BCUT2D eigenvalue weighted by Gasteiger charge is -2.30. The van der Waals surface area contributed by atoms with Gasteiger partial charge in [0.25, 0.3) is 0 Å². The Morgan fingerprint density at radius 2 is 2.09 bits per heavy atom. The van der Waals surface area contributed by atoms with Crippen molar-refractivity contribution in [3.63, 3.8) is 0 Å². The van der Waals surface area contributed by atoms with Gasteiger partial charge in [0.2, 0.25) is 0 Å². The average molecular weight is 314 g/mol. The minimum atomic E-state index is -0.265. The van der Waals surface area contributed by atoms with Gasteiger partial charge in [-0.05, 0) is 66.0 Å². The van der Waals surface area contributed by atoms with E-state index in [-0.39, 0.29) is 17.7 Å². The summed E-state index contributed by atoms with van der Waals surface area (Å²) in [6, 6.07) is 6.09. The maximum Gasteiger partial charge on any atom is 0.302 e. The lowest BCUT2D eigenvalue weighted by atomic mass is 9.74. The van der Waals surface area contributed by atoms with E-state index in [0.717, 1.165) is 24.2 Å². The highest BCUT2D eigenvalue weighted by Gasteiger charge is 2.39. The van der Waals surface area contributed by atoms with Crippen molar-refractivity contribution in [3.8, 4) is 5.75 Å². The summed E-state index contributed by atoms with van der Waals surface area (Å²) in [4.78, 5) is 23.4. The third kappa shape index (κ3) is 2.90. The molecule has 23 heavy (non-hydrogen) atoms. The molecule has 0 radical (unpaired) electrons. The van der Waals surface area contributed by atoms with Crippen molar-refractivity contribution in [1.29, 1.82) is 0 Å². The highest BCUT2D eigenvalue weighted by molar-refractivity contribution is 6.05. The molecule has 0 saturated heterocycles. The summed E-state index contributed by atoms with van der Waals surface area (Å²) in [5, 5.41) is 0. The van der Waals surface area contributed by atoms with E-state index >= 15 is 0 Å². The van der Waals surface area contributed by atoms with Gasteiger partial charge >= 0.3 is 5.97 Å². The highest BCUT2D eigenvalue weighted by Crippen LogP contribution is 2.48. The molecule has 2 aliphatic carbocycles. The average Bonchev–Trinajstić information content (AvgIpc) is 2.90. The number of hydrogen-bond donors (Lipinski definition) is 0. The summed E-state index contributed by atoms with van der Waals surface area (Å²) in [6.07, 6.45) is 2.21. The molecule has 122 valence electrons. The molecule has 0 amide bonds. The number of esters is 1. The maximum absolute atomic E-state index is 12.4. The Bertz CT molecular complexity index is 687.